The molecule has 0 bridgehead atoms. The Bertz CT molecular complexity index is 866. The average molecular weight is 313 g/mol. The van der Waals surface area contributed by atoms with Crippen LogP contribution < -0.4 is 4.74 Å². The van der Waals surface area contributed by atoms with Crippen LogP contribution in [0.25, 0.3) is 22.6 Å². The van der Waals surface area contributed by atoms with Crippen molar-refractivity contribution < 1.29 is 4.74 Å². The molecule has 5 nitrogen and oxygen atoms in total. The number of imidazole rings is 1. The lowest BCUT2D eigenvalue weighted by molar-refractivity contribution is 0.416. The monoisotopic (exact) mass is 312 g/mol. The van der Waals surface area contributed by atoms with Crippen LogP contribution in [0.5, 0.6) is 5.75 Å². The summed E-state index contributed by atoms with van der Waals surface area (Å²) < 4.78 is 7.34. The van der Waals surface area contributed by atoms with Gasteiger partial charge in [0.1, 0.15) is 17.1 Å². The second-order valence-electron chi connectivity index (χ2n) is 4.69. The van der Waals surface area contributed by atoms with Crippen molar-refractivity contribution in [2.45, 2.75) is 13.0 Å². The number of halogens is 1. The maximum Gasteiger partial charge on any atom is 0.160 e. The van der Waals surface area contributed by atoms with E-state index in [2.05, 4.69) is 16.0 Å². The Hall–Kier alpha value is -2.58. The molecule has 0 aliphatic heterocycles. The molecule has 0 unspecified atom stereocenters. The van der Waals surface area contributed by atoms with Gasteiger partial charge >= 0.3 is 0 Å². The van der Waals surface area contributed by atoms with Gasteiger partial charge in [0.2, 0.25) is 0 Å². The molecular weight excluding hydrogens is 300 g/mol. The number of pyridine rings is 1. The highest BCUT2D eigenvalue weighted by Gasteiger charge is 2.16. The summed E-state index contributed by atoms with van der Waals surface area (Å²) in [5, 5.41) is 9.43. The van der Waals surface area contributed by atoms with Gasteiger partial charge in [0.25, 0.3) is 0 Å². The van der Waals surface area contributed by atoms with Crippen LogP contribution in [0.15, 0.2) is 36.5 Å². The van der Waals surface area contributed by atoms with E-state index in [1.54, 1.807) is 19.4 Å². The van der Waals surface area contributed by atoms with Crippen molar-refractivity contribution in [2.75, 3.05) is 7.11 Å². The molecule has 6 heteroatoms. The molecule has 0 spiro atoms. The molecule has 0 atom stereocenters. The van der Waals surface area contributed by atoms with E-state index in [4.69, 9.17) is 21.6 Å². The van der Waals surface area contributed by atoms with Gasteiger partial charge in [-0.1, -0.05) is 23.7 Å². The quantitative estimate of drug-likeness (QED) is 0.737. The fourth-order valence-corrected chi connectivity index (χ4v) is 2.55. The van der Waals surface area contributed by atoms with E-state index >= 15 is 0 Å². The Morgan fingerprint density at radius 1 is 1.36 bits per heavy atom. The molecular formula is C16H13ClN4O. The first kappa shape index (κ1) is 14.4. The third-order valence-corrected chi connectivity index (χ3v) is 3.55. The van der Waals surface area contributed by atoms with Crippen molar-refractivity contribution >= 4 is 22.8 Å². The van der Waals surface area contributed by atoms with Crippen LogP contribution in [0.4, 0.5) is 0 Å². The van der Waals surface area contributed by atoms with Crippen molar-refractivity contribution in [3.05, 3.63) is 41.6 Å². The van der Waals surface area contributed by atoms with E-state index in [0.717, 1.165) is 17.1 Å². The van der Waals surface area contributed by atoms with Crippen LogP contribution in [-0.4, -0.2) is 21.6 Å². The second kappa shape index (κ2) is 6.04. The van der Waals surface area contributed by atoms with Gasteiger partial charge < -0.3 is 9.30 Å². The number of benzene rings is 1. The number of aromatic nitrogens is 3. The molecule has 3 aromatic rings. The number of methoxy groups -OCH3 is 1. The Balaban J connectivity index is 2.25. The number of ether oxygens (including phenoxy) is 1. The zero-order valence-electron chi connectivity index (χ0n) is 12.0. The summed E-state index contributed by atoms with van der Waals surface area (Å²) in [5.41, 5.74) is 2.27. The molecule has 0 saturated carbocycles. The number of hydrogen-bond donors (Lipinski definition) is 0. The number of hydrogen-bond acceptors (Lipinski definition) is 4. The summed E-state index contributed by atoms with van der Waals surface area (Å²) in [7, 11) is 1.62. The van der Waals surface area contributed by atoms with Gasteiger partial charge in [0.05, 0.1) is 30.2 Å². The van der Waals surface area contributed by atoms with E-state index in [1.807, 2.05) is 28.8 Å². The van der Waals surface area contributed by atoms with Gasteiger partial charge in [-0.15, -0.1) is 0 Å². The summed E-state index contributed by atoms with van der Waals surface area (Å²) in [6.45, 7) is 0.509. The summed E-state index contributed by atoms with van der Waals surface area (Å²) in [5.74, 6) is 1.44. The number of nitriles is 1. The van der Waals surface area contributed by atoms with Crippen LogP contribution in [0.3, 0.4) is 0 Å². The van der Waals surface area contributed by atoms with E-state index in [1.165, 1.54) is 0 Å². The van der Waals surface area contributed by atoms with Crippen LogP contribution in [-0.2, 0) is 6.54 Å². The van der Waals surface area contributed by atoms with Crippen molar-refractivity contribution in [3.63, 3.8) is 0 Å². The Kier molecular flexibility index (Phi) is 3.94. The van der Waals surface area contributed by atoms with Crippen molar-refractivity contribution in [1.82, 2.24) is 14.5 Å². The van der Waals surface area contributed by atoms with Gasteiger partial charge in [0.15, 0.2) is 5.65 Å². The molecule has 2 aromatic heterocycles. The molecule has 1 aromatic carbocycles. The minimum Gasteiger partial charge on any atom is -0.496 e. The summed E-state index contributed by atoms with van der Waals surface area (Å²) in [4.78, 5) is 8.99. The Labute approximate surface area is 132 Å². The minimum absolute atomic E-state index is 0.373. The van der Waals surface area contributed by atoms with Gasteiger partial charge in [-0.25, -0.2) is 9.97 Å². The van der Waals surface area contributed by atoms with E-state index in [-0.39, 0.29) is 0 Å². The van der Waals surface area contributed by atoms with Crippen molar-refractivity contribution in [3.8, 4) is 23.2 Å². The molecule has 0 N–H and O–H groups in total. The maximum atomic E-state index is 8.89. The number of nitrogens with zero attached hydrogens (tertiary/aromatic N) is 4. The van der Waals surface area contributed by atoms with Gasteiger partial charge in [-0.2, -0.15) is 5.26 Å². The molecule has 2 heterocycles. The first-order valence-corrected chi connectivity index (χ1v) is 7.14. The van der Waals surface area contributed by atoms with E-state index in [9.17, 15) is 0 Å². The molecule has 0 aliphatic rings. The fraction of sp³-hybridized carbons (Fsp3) is 0.188. The first-order chi connectivity index (χ1) is 10.7. The smallest absolute Gasteiger partial charge is 0.160 e. The predicted octanol–water partition coefficient (Wildman–Crippen LogP) is 3.67. The SMILES string of the molecule is COc1ccccc1-c1nc2cc(Cl)cnc2n1CCC#N. The molecule has 22 heavy (non-hydrogen) atoms. The summed E-state index contributed by atoms with van der Waals surface area (Å²) in [6, 6.07) is 11.6. The molecule has 0 saturated heterocycles. The predicted molar refractivity (Wildman–Crippen MR) is 84.8 cm³/mol. The molecule has 110 valence electrons. The highest BCUT2D eigenvalue weighted by Crippen LogP contribution is 2.31. The highest BCUT2D eigenvalue weighted by molar-refractivity contribution is 6.31. The largest absolute Gasteiger partial charge is 0.496 e. The topological polar surface area (TPSA) is 63.7 Å². The number of aryl methyl sites for hydroxylation is 1. The molecule has 0 aliphatic carbocycles. The molecule has 0 fully saturated rings. The second-order valence-corrected chi connectivity index (χ2v) is 5.13. The Morgan fingerprint density at radius 2 is 2.18 bits per heavy atom. The summed E-state index contributed by atoms with van der Waals surface area (Å²) >= 11 is 6.00. The summed E-state index contributed by atoms with van der Waals surface area (Å²) in [6.07, 6.45) is 1.96. The van der Waals surface area contributed by atoms with Crippen LogP contribution in [0.2, 0.25) is 5.02 Å². The molecule has 0 amide bonds. The lowest BCUT2D eigenvalue weighted by Crippen LogP contribution is -2.02. The third kappa shape index (κ3) is 2.49. The highest BCUT2D eigenvalue weighted by atomic mass is 35.5. The zero-order chi connectivity index (χ0) is 15.5. The normalized spacial score (nSPS) is 10.6. The average Bonchev–Trinajstić information content (AvgIpc) is 2.90. The maximum absolute atomic E-state index is 8.89. The standard InChI is InChI=1S/C16H13ClN4O/c1-22-14-6-3-2-5-12(14)15-20-13-9-11(17)10-19-16(13)21(15)8-4-7-18/h2-3,5-6,9-10H,4,8H2,1H3. The van der Waals surface area contributed by atoms with Crippen LogP contribution >= 0.6 is 11.6 Å². The fourth-order valence-electron chi connectivity index (χ4n) is 2.39. The van der Waals surface area contributed by atoms with Gasteiger partial charge in [-0.3, -0.25) is 0 Å². The lowest BCUT2D eigenvalue weighted by Gasteiger charge is -2.10. The van der Waals surface area contributed by atoms with Crippen molar-refractivity contribution in [2.24, 2.45) is 0 Å². The third-order valence-electron chi connectivity index (χ3n) is 3.35. The van der Waals surface area contributed by atoms with Crippen LogP contribution in [0.1, 0.15) is 6.42 Å². The van der Waals surface area contributed by atoms with E-state index < -0.39 is 0 Å². The van der Waals surface area contributed by atoms with Gasteiger partial charge in [-0.05, 0) is 18.2 Å². The molecule has 3 rings (SSSR count). The first-order valence-electron chi connectivity index (χ1n) is 6.76. The minimum atomic E-state index is 0.373. The number of fused-ring (bicyclic) bond motifs is 1. The van der Waals surface area contributed by atoms with Crippen LogP contribution in [0, 0.1) is 11.3 Å². The number of rotatable bonds is 4. The Morgan fingerprint density at radius 3 is 2.95 bits per heavy atom. The zero-order valence-corrected chi connectivity index (χ0v) is 12.7. The lowest BCUT2D eigenvalue weighted by atomic mass is 10.2. The van der Waals surface area contributed by atoms with E-state index in [0.29, 0.717) is 29.2 Å². The number of para-hydroxylation sites is 1. The van der Waals surface area contributed by atoms with Gasteiger partial charge in [0, 0.05) is 12.7 Å². The van der Waals surface area contributed by atoms with Crippen molar-refractivity contribution in [1.29, 1.82) is 5.26 Å². The molecule has 0 radical (unpaired) electrons.